The predicted molar refractivity (Wildman–Crippen MR) is 61.5 cm³/mol. The number of rotatable bonds is 4. The van der Waals surface area contributed by atoms with Gasteiger partial charge in [-0.1, -0.05) is 25.4 Å². The van der Waals surface area contributed by atoms with Crippen molar-refractivity contribution in [3.05, 3.63) is 34.6 Å². The van der Waals surface area contributed by atoms with E-state index in [9.17, 15) is 4.39 Å². The first-order chi connectivity index (χ1) is 7.00. The molecule has 0 saturated carbocycles. The zero-order valence-electron chi connectivity index (χ0n) is 8.93. The second kappa shape index (κ2) is 5.45. The average molecular weight is 231 g/mol. The molecule has 4 heteroatoms. The molecule has 15 heavy (non-hydrogen) atoms. The van der Waals surface area contributed by atoms with Crippen molar-refractivity contribution >= 4 is 11.6 Å². The van der Waals surface area contributed by atoms with Crippen LogP contribution in [-0.2, 0) is 0 Å². The highest BCUT2D eigenvalue weighted by atomic mass is 35.5. The van der Waals surface area contributed by atoms with Crippen LogP contribution in [0.4, 0.5) is 4.39 Å². The van der Waals surface area contributed by atoms with Gasteiger partial charge in [0, 0.05) is 29.2 Å². The molecule has 0 fully saturated rings. The van der Waals surface area contributed by atoms with Crippen molar-refractivity contribution in [2.45, 2.75) is 25.9 Å². The summed E-state index contributed by atoms with van der Waals surface area (Å²) in [5.41, 5.74) is 6.31. The van der Waals surface area contributed by atoms with Gasteiger partial charge in [-0.2, -0.15) is 0 Å². The number of nitrogens with two attached hydrogens (primary N) is 1. The van der Waals surface area contributed by atoms with Gasteiger partial charge < -0.3 is 11.1 Å². The Morgan fingerprint density at radius 2 is 2.13 bits per heavy atom. The summed E-state index contributed by atoms with van der Waals surface area (Å²) in [5.74, 6) is -0.308. The lowest BCUT2D eigenvalue weighted by atomic mass is 10.1. The lowest BCUT2D eigenvalue weighted by Crippen LogP contribution is -2.32. The summed E-state index contributed by atoms with van der Waals surface area (Å²) in [6.45, 7) is 4.57. The molecule has 0 bridgehead atoms. The molecule has 2 nitrogen and oxygen atoms in total. The Morgan fingerprint density at radius 3 is 2.73 bits per heavy atom. The maximum atomic E-state index is 13.4. The van der Waals surface area contributed by atoms with Gasteiger partial charge in [-0.3, -0.25) is 0 Å². The number of nitrogens with one attached hydrogen (secondary N) is 1. The molecule has 0 amide bonds. The van der Waals surface area contributed by atoms with E-state index in [0.29, 0.717) is 23.2 Å². The van der Waals surface area contributed by atoms with Crippen LogP contribution in [0.2, 0.25) is 5.02 Å². The lowest BCUT2D eigenvalue weighted by Gasteiger charge is -2.16. The summed E-state index contributed by atoms with van der Waals surface area (Å²) in [7, 11) is 0. The third-order valence-corrected chi connectivity index (χ3v) is 2.34. The largest absolute Gasteiger partial charge is 0.323 e. The molecule has 1 rings (SSSR count). The van der Waals surface area contributed by atoms with Crippen LogP contribution < -0.4 is 11.1 Å². The van der Waals surface area contributed by atoms with Gasteiger partial charge in [0.1, 0.15) is 5.82 Å². The van der Waals surface area contributed by atoms with Gasteiger partial charge in [0.2, 0.25) is 0 Å². The monoisotopic (exact) mass is 230 g/mol. The number of halogens is 2. The Balaban J connectivity index is 2.72. The van der Waals surface area contributed by atoms with Gasteiger partial charge in [0.05, 0.1) is 0 Å². The van der Waals surface area contributed by atoms with E-state index in [1.807, 2.05) is 13.8 Å². The molecule has 0 aliphatic carbocycles. The van der Waals surface area contributed by atoms with Crippen molar-refractivity contribution in [3.8, 4) is 0 Å². The Bertz CT molecular complexity index is 328. The Kier molecular flexibility index (Phi) is 4.51. The SMILES string of the molecule is CC(C)NCC(N)c1cc(Cl)ccc1F. The van der Waals surface area contributed by atoms with Crippen LogP contribution in [0.5, 0.6) is 0 Å². The van der Waals surface area contributed by atoms with Gasteiger partial charge in [0.25, 0.3) is 0 Å². The van der Waals surface area contributed by atoms with Crippen molar-refractivity contribution < 1.29 is 4.39 Å². The Labute approximate surface area is 94.6 Å². The van der Waals surface area contributed by atoms with Crippen molar-refractivity contribution in [2.24, 2.45) is 5.73 Å². The van der Waals surface area contributed by atoms with Crippen LogP contribution in [0.3, 0.4) is 0 Å². The van der Waals surface area contributed by atoms with Gasteiger partial charge in [-0.25, -0.2) is 4.39 Å². The molecular formula is C11H16ClFN2. The first-order valence-electron chi connectivity index (χ1n) is 4.94. The molecule has 0 aromatic heterocycles. The van der Waals surface area contributed by atoms with Crippen molar-refractivity contribution in [1.82, 2.24) is 5.32 Å². The second-order valence-corrected chi connectivity index (χ2v) is 4.27. The molecule has 84 valence electrons. The topological polar surface area (TPSA) is 38.0 Å². The Hall–Kier alpha value is -0.640. The maximum absolute atomic E-state index is 13.4. The minimum atomic E-state index is -0.369. The third kappa shape index (κ3) is 3.78. The molecule has 1 aromatic carbocycles. The fraction of sp³-hybridized carbons (Fsp3) is 0.455. The van der Waals surface area contributed by atoms with E-state index >= 15 is 0 Å². The predicted octanol–water partition coefficient (Wildman–Crippen LogP) is 2.48. The molecule has 1 aromatic rings. The molecule has 0 aliphatic heterocycles. The van der Waals surface area contributed by atoms with E-state index < -0.39 is 0 Å². The van der Waals surface area contributed by atoms with Gasteiger partial charge >= 0.3 is 0 Å². The molecule has 0 saturated heterocycles. The zero-order valence-corrected chi connectivity index (χ0v) is 9.68. The molecule has 1 atom stereocenters. The van der Waals surface area contributed by atoms with E-state index in [1.165, 1.54) is 12.1 Å². The van der Waals surface area contributed by atoms with E-state index in [4.69, 9.17) is 17.3 Å². The van der Waals surface area contributed by atoms with Crippen molar-refractivity contribution in [2.75, 3.05) is 6.54 Å². The van der Waals surface area contributed by atoms with E-state index in [2.05, 4.69) is 5.32 Å². The molecule has 0 radical (unpaired) electrons. The Morgan fingerprint density at radius 1 is 1.47 bits per heavy atom. The smallest absolute Gasteiger partial charge is 0.128 e. The minimum absolute atomic E-state index is 0.308. The first-order valence-corrected chi connectivity index (χ1v) is 5.32. The zero-order chi connectivity index (χ0) is 11.4. The molecule has 1 unspecified atom stereocenters. The fourth-order valence-electron chi connectivity index (χ4n) is 1.27. The quantitative estimate of drug-likeness (QED) is 0.834. The van der Waals surface area contributed by atoms with Crippen molar-refractivity contribution in [1.29, 1.82) is 0 Å². The standard InChI is InChI=1S/C11H16ClFN2/c1-7(2)15-6-11(14)9-5-8(12)3-4-10(9)13/h3-5,7,11,15H,6,14H2,1-2H3. The highest BCUT2D eigenvalue weighted by Crippen LogP contribution is 2.19. The van der Waals surface area contributed by atoms with Gasteiger partial charge in [0.15, 0.2) is 0 Å². The third-order valence-electron chi connectivity index (χ3n) is 2.10. The normalized spacial score (nSPS) is 13.2. The molecule has 0 heterocycles. The average Bonchev–Trinajstić information content (AvgIpc) is 2.18. The second-order valence-electron chi connectivity index (χ2n) is 3.84. The number of benzene rings is 1. The molecule has 0 spiro atoms. The van der Waals surface area contributed by atoms with Gasteiger partial charge in [-0.05, 0) is 18.2 Å². The minimum Gasteiger partial charge on any atom is -0.323 e. The lowest BCUT2D eigenvalue weighted by molar-refractivity contribution is 0.516. The fourth-order valence-corrected chi connectivity index (χ4v) is 1.45. The summed E-state index contributed by atoms with van der Waals surface area (Å²) >= 11 is 5.78. The summed E-state index contributed by atoms with van der Waals surface area (Å²) in [6, 6.07) is 4.39. The van der Waals surface area contributed by atoms with Crippen molar-refractivity contribution in [3.63, 3.8) is 0 Å². The summed E-state index contributed by atoms with van der Waals surface area (Å²) in [6.07, 6.45) is 0. The molecular weight excluding hydrogens is 215 g/mol. The van der Waals surface area contributed by atoms with Crippen LogP contribution in [0, 0.1) is 5.82 Å². The molecule has 3 N–H and O–H groups in total. The summed E-state index contributed by atoms with van der Waals surface area (Å²) in [5, 5.41) is 3.66. The van der Waals surface area contributed by atoms with E-state index in [1.54, 1.807) is 6.07 Å². The van der Waals surface area contributed by atoms with E-state index in [0.717, 1.165) is 0 Å². The maximum Gasteiger partial charge on any atom is 0.128 e. The van der Waals surface area contributed by atoms with Crippen LogP contribution in [0.25, 0.3) is 0 Å². The number of hydrogen-bond donors (Lipinski definition) is 2. The first kappa shape index (κ1) is 12.4. The van der Waals surface area contributed by atoms with Crippen LogP contribution in [0.15, 0.2) is 18.2 Å². The highest BCUT2D eigenvalue weighted by molar-refractivity contribution is 6.30. The summed E-state index contributed by atoms with van der Waals surface area (Å²) < 4.78 is 13.4. The van der Waals surface area contributed by atoms with Crippen LogP contribution in [-0.4, -0.2) is 12.6 Å². The summed E-state index contributed by atoms with van der Waals surface area (Å²) in [4.78, 5) is 0. The van der Waals surface area contributed by atoms with Crippen LogP contribution in [0.1, 0.15) is 25.5 Å². The number of hydrogen-bond acceptors (Lipinski definition) is 2. The van der Waals surface area contributed by atoms with Gasteiger partial charge in [-0.15, -0.1) is 0 Å². The van der Waals surface area contributed by atoms with Crippen LogP contribution >= 0.6 is 11.6 Å². The van der Waals surface area contributed by atoms with E-state index in [-0.39, 0.29) is 11.9 Å². The molecule has 0 aliphatic rings. The highest BCUT2D eigenvalue weighted by Gasteiger charge is 2.11.